The molecular formula is C25H28N4O2S. The average Bonchev–Trinajstić information content (AvgIpc) is 3.52. The third-order valence-electron chi connectivity index (χ3n) is 6.49. The number of hydrogen-bond donors (Lipinski definition) is 1. The lowest BCUT2D eigenvalue weighted by atomic mass is 9.95. The molecule has 1 aromatic heterocycles. The van der Waals surface area contributed by atoms with Crippen molar-refractivity contribution in [3.05, 3.63) is 59.7 Å². The van der Waals surface area contributed by atoms with Gasteiger partial charge in [0, 0.05) is 43.4 Å². The van der Waals surface area contributed by atoms with Crippen LogP contribution in [0.25, 0.3) is 11.0 Å². The molecular weight excluding hydrogens is 420 g/mol. The number of nitrogens with zero attached hydrogens (tertiary/aromatic N) is 3. The van der Waals surface area contributed by atoms with Gasteiger partial charge in [0.05, 0.1) is 11.0 Å². The smallest absolute Gasteiger partial charge is 0.253 e. The predicted molar refractivity (Wildman–Crippen MR) is 127 cm³/mol. The predicted octanol–water partition coefficient (Wildman–Crippen LogP) is 4.33. The number of imidazole rings is 1. The van der Waals surface area contributed by atoms with Crippen molar-refractivity contribution in [2.24, 2.45) is 5.92 Å². The second-order valence-electron chi connectivity index (χ2n) is 8.64. The van der Waals surface area contributed by atoms with Gasteiger partial charge < -0.3 is 14.8 Å². The highest BCUT2D eigenvalue weighted by Crippen LogP contribution is 2.25. The third kappa shape index (κ3) is 4.53. The van der Waals surface area contributed by atoms with E-state index < -0.39 is 0 Å². The van der Waals surface area contributed by atoms with Crippen LogP contribution in [0.3, 0.4) is 0 Å². The number of likely N-dealkylation sites (tertiary alicyclic amines) is 2. The minimum Gasteiger partial charge on any atom is -0.342 e. The molecule has 2 fully saturated rings. The number of benzene rings is 2. The summed E-state index contributed by atoms with van der Waals surface area (Å²) in [5.41, 5.74) is 3.89. The highest BCUT2D eigenvalue weighted by atomic mass is 32.2. The number of fused-ring (bicyclic) bond motifs is 1. The van der Waals surface area contributed by atoms with E-state index in [0.29, 0.717) is 24.6 Å². The molecule has 2 amide bonds. The van der Waals surface area contributed by atoms with Crippen molar-refractivity contribution in [1.82, 2.24) is 19.8 Å². The van der Waals surface area contributed by atoms with Gasteiger partial charge in [-0.05, 0) is 55.5 Å². The summed E-state index contributed by atoms with van der Waals surface area (Å²) >= 11 is 1.66. The molecule has 0 radical (unpaired) electrons. The summed E-state index contributed by atoms with van der Waals surface area (Å²) in [7, 11) is 0. The van der Waals surface area contributed by atoms with E-state index >= 15 is 0 Å². The van der Waals surface area contributed by atoms with Gasteiger partial charge in [-0.3, -0.25) is 9.59 Å². The molecule has 3 aromatic rings. The quantitative estimate of drug-likeness (QED) is 0.590. The number of aromatic amines is 1. The monoisotopic (exact) mass is 448 g/mol. The summed E-state index contributed by atoms with van der Waals surface area (Å²) in [6.07, 6.45) is 3.78. The second-order valence-corrected chi connectivity index (χ2v) is 9.61. The standard InChI is InChI=1S/C25H28N4O2S/c30-23(29-15-11-20(12-16-29)24(31)28-13-3-4-14-28)19-9-7-18(8-10-19)17-32-25-26-21-5-1-2-6-22(21)27-25/h1-2,5-10,20H,3-4,11-17H2,(H,26,27). The van der Waals surface area contributed by atoms with Crippen LogP contribution in [0, 0.1) is 5.92 Å². The number of rotatable bonds is 5. The number of aromatic nitrogens is 2. The third-order valence-corrected chi connectivity index (χ3v) is 7.44. The fourth-order valence-corrected chi connectivity index (χ4v) is 5.44. The topological polar surface area (TPSA) is 69.3 Å². The Morgan fingerprint density at radius 3 is 2.38 bits per heavy atom. The van der Waals surface area contributed by atoms with E-state index in [1.165, 1.54) is 0 Å². The number of carbonyl (C=O) groups is 2. The van der Waals surface area contributed by atoms with Crippen molar-refractivity contribution in [2.45, 2.75) is 36.6 Å². The maximum Gasteiger partial charge on any atom is 0.253 e. The molecule has 7 heteroatoms. The number of thioether (sulfide) groups is 1. The SMILES string of the molecule is O=C(c1ccc(CSc2nc3ccccc3[nH]2)cc1)N1CCC(C(=O)N2CCCC2)CC1. The molecule has 0 bridgehead atoms. The molecule has 2 aliphatic rings. The number of carbonyl (C=O) groups excluding carboxylic acids is 2. The van der Waals surface area contributed by atoms with Crippen LogP contribution in [0.4, 0.5) is 0 Å². The first-order chi connectivity index (χ1) is 15.7. The summed E-state index contributed by atoms with van der Waals surface area (Å²) in [4.78, 5) is 37.4. The van der Waals surface area contributed by atoms with E-state index in [1.807, 2.05) is 58.3 Å². The number of para-hydroxylation sites is 2. The molecule has 0 spiro atoms. The van der Waals surface area contributed by atoms with E-state index in [4.69, 9.17) is 0 Å². The van der Waals surface area contributed by atoms with E-state index in [0.717, 1.165) is 66.3 Å². The van der Waals surface area contributed by atoms with Crippen molar-refractivity contribution < 1.29 is 9.59 Å². The maximum atomic E-state index is 12.9. The van der Waals surface area contributed by atoms with Gasteiger partial charge in [-0.1, -0.05) is 36.0 Å². The Morgan fingerprint density at radius 2 is 1.66 bits per heavy atom. The van der Waals surface area contributed by atoms with E-state index in [-0.39, 0.29) is 11.8 Å². The van der Waals surface area contributed by atoms with Crippen LogP contribution in [-0.4, -0.2) is 57.8 Å². The van der Waals surface area contributed by atoms with Gasteiger partial charge in [0.15, 0.2) is 5.16 Å². The van der Waals surface area contributed by atoms with E-state index in [1.54, 1.807) is 11.8 Å². The van der Waals surface area contributed by atoms with Gasteiger partial charge in [-0.15, -0.1) is 0 Å². The summed E-state index contributed by atoms with van der Waals surface area (Å²) in [5.74, 6) is 1.22. The van der Waals surface area contributed by atoms with Crippen molar-refractivity contribution in [1.29, 1.82) is 0 Å². The Labute approximate surface area is 192 Å². The van der Waals surface area contributed by atoms with E-state index in [9.17, 15) is 9.59 Å². The minimum absolute atomic E-state index is 0.0635. The Kier molecular flexibility index (Phi) is 6.17. The van der Waals surface area contributed by atoms with Crippen LogP contribution in [-0.2, 0) is 10.5 Å². The molecule has 1 N–H and O–H groups in total. The van der Waals surface area contributed by atoms with Crippen molar-refractivity contribution in [3.8, 4) is 0 Å². The van der Waals surface area contributed by atoms with Crippen LogP contribution >= 0.6 is 11.8 Å². The summed E-state index contributed by atoms with van der Waals surface area (Å²) < 4.78 is 0. The second kappa shape index (κ2) is 9.36. The lowest BCUT2D eigenvalue weighted by Crippen LogP contribution is -2.43. The number of nitrogens with one attached hydrogen (secondary N) is 1. The van der Waals surface area contributed by atoms with Crippen molar-refractivity contribution in [3.63, 3.8) is 0 Å². The fraction of sp³-hybridized carbons (Fsp3) is 0.400. The van der Waals surface area contributed by atoms with Crippen LogP contribution in [0.2, 0.25) is 0 Å². The van der Waals surface area contributed by atoms with Crippen molar-refractivity contribution in [2.75, 3.05) is 26.2 Å². The molecule has 3 heterocycles. The molecule has 2 aliphatic heterocycles. The van der Waals surface area contributed by atoms with Crippen LogP contribution < -0.4 is 0 Å². The summed E-state index contributed by atoms with van der Waals surface area (Å²) in [5, 5.41) is 0.901. The highest BCUT2D eigenvalue weighted by molar-refractivity contribution is 7.98. The number of H-pyrrole nitrogens is 1. The molecule has 0 saturated carbocycles. The first-order valence-electron chi connectivity index (χ1n) is 11.4. The van der Waals surface area contributed by atoms with Gasteiger partial charge in [-0.2, -0.15) is 0 Å². The zero-order chi connectivity index (χ0) is 21.9. The molecule has 0 atom stereocenters. The lowest BCUT2D eigenvalue weighted by molar-refractivity contribution is -0.135. The Bertz CT molecular complexity index is 1060. The Balaban J connectivity index is 1.13. The zero-order valence-corrected chi connectivity index (χ0v) is 18.9. The number of amides is 2. The molecule has 0 aliphatic carbocycles. The maximum absolute atomic E-state index is 12.9. The molecule has 2 aromatic carbocycles. The molecule has 6 nitrogen and oxygen atoms in total. The summed E-state index contributed by atoms with van der Waals surface area (Å²) in [6.45, 7) is 3.12. The summed E-state index contributed by atoms with van der Waals surface area (Å²) in [6, 6.07) is 15.9. The normalized spacial score (nSPS) is 17.2. The average molecular weight is 449 g/mol. The minimum atomic E-state index is 0.0635. The van der Waals surface area contributed by atoms with Crippen LogP contribution in [0.1, 0.15) is 41.6 Å². The van der Waals surface area contributed by atoms with Gasteiger partial charge in [0.2, 0.25) is 5.91 Å². The lowest BCUT2D eigenvalue weighted by Gasteiger charge is -2.33. The first-order valence-corrected chi connectivity index (χ1v) is 12.4. The highest BCUT2D eigenvalue weighted by Gasteiger charge is 2.31. The fourth-order valence-electron chi connectivity index (χ4n) is 4.60. The Hall–Kier alpha value is -2.80. The first kappa shape index (κ1) is 21.1. The largest absolute Gasteiger partial charge is 0.342 e. The van der Waals surface area contributed by atoms with Crippen molar-refractivity contribution >= 4 is 34.6 Å². The molecule has 5 rings (SSSR count). The van der Waals surface area contributed by atoms with Crippen LogP contribution in [0.15, 0.2) is 53.7 Å². The number of piperidine rings is 1. The van der Waals surface area contributed by atoms with E-state index in [2.05, 4.69) is 9.97 Å². The Morgan fingerprint density at radius 1 is 0.938 bits per heavy atom. The molecule has 32 heavy (non-hydrogen) atoms. The number of hydrogen-bond acceptors (Lipinski definition) is 4. The van der Waals surface area contributed by atoms with Crippen LogP contribution in [0.5, 0.6) is 0 Å². The van der Waals surface area contributed by atoms with Gasteiger partial charge >= 0.3 is 0 Å². The molecule has 2 saturated heterocycles. The molecule has 0 unspecified atom stereocenters. The van der Waals surface area contributed by atoms with Gasteiger partial charge in [-0.25, -0.2) is 4.98 Å². The van der Waals surface area contributed by atoms with Gasteiger partial charge in [0.1, 0.15) is 0 Å². The van der Waals surface area contributed by atoms with Gasteiger partial charge in [0.25, 0.3) is 5.91 Å². The zero-order valence-electron chi connectivity index (χ0n) is 18.1. The molecule has 166 valence electrons.